The van der Waals surface area contributed by atoms with Gasteiger partial charge in [0, 0.05) is 24.5 Å². The maximum absolute atomic E-state index is 10.1. The predicted octanol–water partition coefficient (Wildman–Crippen LogP) is 1.49. The first-order valence-electron chi connectivity index (χ1n) is 6.23. The average molecular weight is 258 g/mol. The summed E-state index contributed by atoms with van der Waals surface area (Å²) in [6.45, 7) is 0.338. The highest BCUT2D eigenvalue weighted by Gasteiger charge is 2.15. The molecule has 0 aliphatic carbocycles. The summed E-state index contributed by atoms with van der Waals surface area (Å²) in [7, 11) is 1.78. The second-order valence-corrected chi connectivity index (χ2v) is 4.35. The molecule has 3 N–H and O–H groups in total. The van der Waals surface area contributed by atoms with Crippen molar-refractivity contribution in [1.29, 1.82) is 0 Å². The van der Waals surface area contributed by atoms with Gasteiger partial charge in [-0.2, -0.15) is 0 Å². The van der Waals surface area contributed by atoms with Gasteiger partial charge in [-0.15, -0.1) is 0 Å². The van der Waals surface area contributed by atoms with Crippen LogP contribution in [-0.2, 0) is 6.61 Å². The van der Waals surface area contributed by atoms with Gasteiger partial charge in [0.05, 0.1) is 12.7 Å². The maximum atomic E-state index is 10.1. The largest absolute Gasteiger partial charge is 0.392 e. The lowest BCUT2D eigenvalue weighted by Gasteiger charge is -2.17. The Morgan fingerprint density at radius 1 is 1.26 bits per heavy atom. The van der Waals surface area contributed by atoms with Crippen LogP contribution in [0.15, 0.2) is 42.7 Å². The molecule has 0 bridgehead atoms. The van der Waals surface area contributed by atoms with E-state index >= 15 is 0 Å². The molecule has 0 saturated heterocycles. The summed E-state index contributed by atoms with van der Waals surface area (Å²) in [4.78, 5) is 4.09. The van der Waals surface area contributed by atoms with E-state index in [1.165, 1.54) is 0 Å². The standard InChI is InChI=1S/C15H18N2O2/c1-16-9-15(19)13-6-2-5-12(14(13)10-18)11-4-3-7-17-8-11/h2-8,15-16,18-19H,9-10H2,1H3. The van der Waals surface area contributed by atoms with Crippen LogP contribution < -0.4 is 5.32 Å². The summed E-state index contributed by atoms with van der Waals surface area (Å²) >= 11 is 0. The summed E-state index contributed by atoms with van der Waals surface area (Å²) in [5, 5.41) is 22.7. The van der Waals surface area contributed by atoms with Crippen LogP contribution >= 0.6 is 0 Å². The summed E-state index contributed by atoms with van der Waals surface area (Å²) < 4.78 is 0. The molecule has 0 aliphatic rings. The Balaban J connectivity index is 2.48. The zero-order chi connectivity index (χ0) is 13.7. The highest BCUT2D eigenvalue weighted by molar-refractivity contribution is 5.68. The first-order chi connectivity index (χ1) is 9.27. The fraction of sp³-hybridized carbons (Fsp3) is 0.267. The Hall–Kier alpha value is -1.75. The molecule has 0 saturated carbocycles. The van der Waals surface area contributed by atoms with Gasteiger partial charge in [-0.05, 0) is 29.8 Å². The second kappa shape index (κ2) is 6.43. The van der Waals surface area contributed by atoms with Gasteiger partial charge < -0.3 is 15.5 Å². The second-order valence-electron chi connectivity index (χ2n) is 4.35. The van der Waals surface area contributed by atoms with Gasteiger partial charge in [-0.25, -0.2) is 0 Å². The quantitative estimate of drug-likeness (QED) is 0.760. The lowest BCUT2D eigenvalue weighted by atomic mass is 9.94. The first kappa shape index (κ1) is 13.7. The van der Waals surface area contributed by atoms with Crippen LogP contribution in [0.3, 0.4) is 0 Å². The Bertz CT molecular complexity index is 529. The van der Waals surface area contributed by atoms with Crippen molar-refractivity contribution >= 4 is 0 Å². The normalized spacial score (nSPS) is 12.4. The number of aliphatic hydroxyl groups excluding tert-OH is 2. The van der Waals surface area contributed by atoms with E-state index in [0.717, 1.165) is 22.3 Å². The molecular weight excluding hydrogens is 240 g/mol. The van der Waals surface area contributed by atoms with Gasteiger partial charge in [-0.1, -0.05) is 24.3 Å². The highest BCUT2D eigenvalue weighted by Crippen LogP contribution is 2.29. The van der Waals surface area contributed by atoms with Crippen LogP contribution in [0.2, 0.25) is 0 Å². The number of nitrogens with one attached hydrogen (secondary N) is 1. The SMILES string of the molecule is CNCC(O)c1cccc(-c2cccnc2)c1CO. The molecule has 1 unspecified atom stereocenters. The predicted molar refractivity (Wildman–Crippen MR) is 74.5 cm³/mol. The maximum Gasteiger partial charge on any atom is 0.0917 e. The smallest absolute Gasteiger partial charge is 0.0917 e. The molecule has 0 spiro atoms. The molecule has 100 valence electrons. The van der Waals surface area contributed by atoms with E-state index in [1.54, 1.807) is 19.4 Å². The molecule has 2 aromatic rings. The summed E-state index contributed by atoms with van der Waals surface area (Å²) in [6, 6.07) is 9.45. The lowest BCUT2D eigenvalue weighted by Crippen LogP contribution is -2.18. The van der Waals surface area contributed by atoms with Gasteiger partial charge in [0.15, 0.2) is 0 Å². The Kier molecular flexibility index (Phi) is 4.63. The summed E-state index contributed by atoms with van der Waals surface area (Å²) in [5.41, 5.74) is 3.34. The Labute approximate surface area is 112 Å². The molecule has 1 atom stereocenters. The van der Waals surface area contributed by atoms with Crippen molar-refractivity contribution in [1.82, 2.24) is 10.3 Å². The molecule has 4 nitrogen and oxygen atoms in total. The number of benzene rings is 1. The number of nitrogens with zero attached hydrogens (tertiary/aromatic N) is 1. The van der Waals surface area contributed by atoms with Crippen molar-refractivity contribution in [3.63, 3.8) is 0 Å². The number of likely N-dealkylation sites (N-methyl/N-ethyl adjacent to an activating group) is 1. The highest BCUT2D eigenvalue weighted by atomic mass is 16.3. The third-order valence-corrected chi connectivity index (χ3v) is 3.10. The van der Waals surface area contributed by atoms with Crippen molar-refractivity contribution in [3.05, 3.63) is 53.9 Å². The van der Waals surface area contributed by atoms with Crippen LogP contribution in [-0.4, -0.2) is 28.8 Å². The van der Waals surface area contributed by atoms with E-state index < -0.39 is 6.10 Å². The zero-order valence-corrected chi connectivity index (χ0v) is 10.9. The number of rotatable bonds is 5. The molecule has 4 heteroatoms. The number of aromatic nitrogens is 1. The molecule has 1 aromatic heterocycles. The minimum atomic E-state index is -0.635. The van der Waals surface area contributed by atoms with Gasteiger partial charge in [-0.3, -0.25) is 4.98 Å². The van der Waals surface area contributed by atoms with E-state index in [4.69, 9.17) is 0 Å². The van der Waals surface area contributed by atoms with Crippen LogP contribution in [0.4, 0.5) is 0 Å². The van der Waals surface area contributed by atoms with Gasteiger partial charge in [0.2, 0.25) is 0 Å². The summed E-state index contributed by atoms with van der Waals surface area (Å²) in [6.07, 6.45) is 2.83. The molecule has 2 rings (SSSR count). The fourth-order valence-electron chi connectivity index (χ4n) is 2.19. The van der Waals surface area contributed by atoms with Gasteiger partial charge >= 0.3 is 0 Å². The van der Waals surface area contributed by atoms with E-state index in [1.807, 2.05) is 30.3 Å². The lowest BCUT2D eigenvalue weighted by molar-refractivity contribution is 0.173. The van der Waals surface area contributed by atoms with Crippen molar-refractivity contribution in [2.45, 2.75) is 12.7 Å². The molecular formula is C15H18N2O2. The third-order valence-electron chi connectivity index (χ3n) is 3.10. The van der Waals surface area contributed by atoms with Crippen molar-refractivity contribution < 1.29 is 10.2 Å². The van der Waals surface area contributed by atoms with Crippen LogP contribution in [0.1, 0.15) is 17.2 Å². The van der Waals surface area contributed by atoms with E-state index in [0.29, 0.717) is 6.54 Å². The zero-order valence-electron chi connectivity index (χ0n) is 10.9. The molecule has 0 radical (unpaired) electrons. The minimum absolute atomic E-state index is 0.110. The third kappa shape index (κ3) is 2.98. The van der Waals surface area contributed by atoms with Gasteiger partial charge in [0.25, 0.3) is 0 Å². The molecule has 1 heterocycles. The van der Waals surface area contributed by atoms with Crippen molar-refractivity contribution in [2.24, 2.45) is 0 Å². The van der Waals surface area contributed by atoms with Crippen molar-refractivity contribution in [2.75, 3.05) is 13.6 Å². The fourth-order valence-corrected chi connectivity index (χ4v) is 2.19. The molecule has 0 fully saturated rings. The summed E-state index contributed by atoms with van der Waals surface area (Å²) in [5.74, 6) is 0. The van der Waals surface area contributed by atoms with E-state index in [2.05, 4.69) is 10.3 Å². The molecule has 0 aliphatic heterocycles. The number of aliphatic hydroxyl groups is 2. The Morgan fingerprint density at radius 3 is 2.74 bits per heavy atom. The van der Waals surface area contributed by atoms with E-state index in [9.17, 15) is 10.2 Å². The first-order valence-corrected chi connectivity index (χ1v) is 6.23. The van der Waals surface area contributed by atoms with E-state index in [-0.39, 0.29) is 6.61 Å². The Morgan fingerprint density at radius 2 is 2.11 bits per heavy atom. The molecule has 1 aromatic carbocycles. The number of hydrogen-bond acceptors (Lipinski definition) is 4. The molecule has 0 amide bonds. The van der Waals surface area contributed by atoms with Crippen LogP contribution in [0.25, 0.3) is 11.1 Å². The average Bonchev–Trinajstić information content (AvgIpc) is 2.47. The van der Waals surface area contributed by atoms with Crippen LogP contribution in [0, 0.1) is 0 Å². The van der Waals surface area contributed by atoms with Gasteiger partial charge in [0.1, 0.15) is 0 Å². The number of pyridine rings is 1. The number of hydrogen-bond donors (Lipinski definition) is 3. The molecule has 19 heavy (non-hydrogen) atoms. The topological polar surface area (TPSA) is 65.4 Å². The monoisotopic (exact) mass is 258 g/mol. The minimum Gasteiger partial charge on any atom is -0.392 e. The van der Waals surface area contributed by atoms with Crippen LogP contribution in [0.5, 0.6) is 0 Å². The van der Waals surface area contributed by atoms with Crippen molar-refractivity contribution in [3.8, 4) is 11.1 Å².